The minimum absolute atomic E-state index is 0.280. The second-order valence-corrected chi connectivity index (χ2v) is 4.72. The van der Waals surface area contributed by atoms with E-state index >= 15 is 0 Å². The summed E-state index contributed by atoms with van der Waals surface area (Å²) in [7, 11) is 0. The van der Waals surface area contributed by atoms with E-state index in [9.17, 15) is 5.11 Å². The molecule has 1 aliphatic rings. The van der Waals surface area contributed by atoms with Gasteiger partial charge in [0.15, 0.2) is 0 Å². The molecule has 78 valence electrons. The van der Waals surface area contributed by atoms with Crippen LogP contribution in [0.3, 0.4) is 0 Å². The van der Waals surface area contributed by atoms with Crippen molar-refractivity contribution in [3.63, 3.8) is 0 Å². The van der Waals surface area contributed by atoms with Crippen LogP contribution in [0.25, 0.3) is 0 Å². The Morgan fingerprint density at radius 3 is 2.86 bits per heavy atom. The molecule has 1 aromatic heterocycles. The molecule has 1 aliphatic carbocycles. The molecular formula is C10H17N3O. The summed E-state index contributed by atoms with van der Waals surface area (Å²) in [5.74, 6) is 0.367. The molecule has 0 spiro atoms. The molecule has 2 unspecified atom stereocenters. The van der Waals surface area contributed by atoms with E-state index in [0.29, 0.717) is 5.92 Å². The first-order valence-corrected chi connectivity index (χ1v) is 5.12. The Kier molecular flexibility index (Phi) is 2.10. The van der Waals surface area contributed by atoms with Crippen LogP contribution in [0.4, 0.5) is 0 Å². The molecule has 14 heavy (non-hydrogen) atoms. The highest BCUT2D eigenvalue weighted by molar-refractivity contribution is 5.10. The van der Waals surface area contributed by atoms with E-state index in [4.69, 9.17) is 0 Å². The summed E-state index contributed by atoms with van der Waals surface area (Å²) in [5.41, 5.74) is 1.13. The predicted octanol–water partition coefficient (Wildman–Crippen LogP) is 1.38. The van der Waals surface area contributed by atoms with Crippen molar-refractivity contribution in [3.8, 4) is 0 Å². The summed E-state index contributed by atoms with van der Waals surface area (Å²) in [6.45, 7) is 7.13. The van der Waals surface area contributed by atoms with Gasteiger partial charge in [-0.05, 0) is 24.7 Å². The number of hydrogen-bond donors (Lipinski definition) is 1. The third kappa shape index (κ3) is 1.43. The Bertz CT molecular complexity index is 332. The number of aliphatic hydroxyl groups excluding tert-OH is 1. The lowest BCUT2D eigenvalue weighted by Gasteiger charge is -2.12. The first kappa shape index (κ1) is 9.65. The van der Waals surface area contributed by atoms with Crippen molar-refractivity contribution in [2.24, 2.45) is 11.3 Å². The van der Waals surface area contributed by atoms with Gasteiger partial charge in [0, 0.05) is 6.54 Å². The van der Waals surface area contributed by atoms with Crippen LogP contribution in [0, 0.1) is 11.3 Å². The highest BCUT2D eigenvalue weighted by Crippen LogP contribution is 2.57. The molecule has 1 heterocycles. The smallest absolute Gasteiger partial charge is 0.101 e. The predicted molar refractivity (Wildman–Crippen MR) is 52.5 cm³/mol. The summed E-state index contributed by atoms with van der Waals surface area (Å²) in [4.78, 5) is 0. The fourth-order valence-corrected chi connectivity index (χ4v) is 1.99. The molecule has 2 atom stereocenters. The number of hydrogen-bond acceptors (Lipinski definition) is 3. The van der Waals surface area contributed by atoms with Crippen LogP contribution < -0.4 is 0 Å². The van der Waals surface area contributed by atoms with Gasteiger partial charge >= 0.3 is 0 Å². The van der Waals surface area contributed by atoms with Crippen molar-refractivity contribution in [2.75, 3.05) is 0 Å². The van der Waals surface area contributed by atoms with E-state index < -0.39 is 6.10 Å². The third-order valence-electron chi connectivity index (χ3n) is 3.22. The lowest BCUT2D eigenvalue weighted by Crippen LogP contribution is -2.11. The van der Waals surface area contributed by atoms with Gasteiger partial charge in [0.2, 0.25) is 0 Å². The highest BCUT2D eigenvalue weighted by Gasteiger charge is 2.50. The number of aliphatic hydroxyl groups is 1. The maximum atomic E-state index is 10.1. The standard InChI is InChI=1S/C10H17N3O/c1-4-13-8(6-11-12-13)9(14)7-5-10(7,2)3/h6-7,9,14H,4-5H2,1-3H3. The van der Waals surface area contributed by atoms with Gasteiger partial charge in [0.25, 0.3) is 0 Å². The van der Waals surface area contributed by atoms with Crippen molar-refractivity contribution in [2.45, 2.75) is 39.8 Å². The summed E-state index contributed by atoms with van der Waals surface area (Å²) in [5, 5.41) is 17.8. The normalized spacial score (nSPS) is 26.1. The molecule has 0 amide bonds. The fourth-order valence-electron chi connectivity index (χ4n) is 1.99. The maximum absolute atomic E-state index is 10.1. The summed E-state index contributed by atoms with van der Waals surface area (Å²) in [6, 6.07) is 0. The van der Waals surface area contributed by atoms with Gasteiger partial charge < -0.3 is 5.11 Å². The van der Waals surface area contributed by atoms with Gasteiger partial charge in [-0.1, -0.05) is 19.1 Å². The largest absolute Gasteiger partial charge is 0.386 e. The zero-order valence-corrected chi connectivity index (χ0v) is 8.94. The van der Waals surface area contributed by atoms with Crippen LogP contribution in [-0.4, -0.2) is 20.1 Å². The third-order valence-corrected chi connectivity index (χ3v) is 3.22. The fraction of sp³-hybridized carbons (Fsp3) is 0.800. The summed E-state index contributed by atoms with van der Waals surface area (Å²) < 4.78 is 1.76. The van der Waals surface area contributed by atoms with Gasteiger partial charge in [-0.25, -0.2) is 4.68 Å². The van der Waals surface area contributed by atoms with Crippen LogP contribution in [0.1, 0.15) is 39.0 Å². The minimum Gasteiger partial charge on any atom is -0.386 e. The van der Waals surface area contributed by atoms with Crippen molar-refractivity contribution >= 4 is 0 Å². The number of nitrogens with zero attached hydrogens (tertiary/aromatic N) is 3. The van der Waals surface area contributed by atoms with Crippen molar-refractivity contribution in [1.82, 2.24) is 15.0 Å². The molecular weight excluding hydrogens is 178 g/mol. The summed E-state index contributed by atoms with van der Waals surface area (Å²) in [6.07, 6.45) is 2.35. The second kappa shape index (κ2) is 3.05. The Labute approximate surface area is 83.9 Å². The lowest BCUT2D eigenvalue weighted by molar-refractivity contribution is 0.128. The molecule has 2 rings (SSSR count). The zero-order chi connectivity index (χ0) is 10.3. The Morgan fingerprint density at radius 2 is 2.36 bits per heavy atom. The topological polar surface area (TPSA) is 50.9 Å². The van der Waals surface area contributed by atoms with Crippen molar-refractivity contribution in [3.05, 3.63) is 11.9 Å². The van der Waals surface area contributed by atoms with Crippen LogP contribution in [0.15, 0.2) is 6.20 Å². The summed E-state index contributed by atoms with van der Waals surface area (Å²) >= 11 is 0. The van der Waals surface area contributed by atoms with Crippen LogP contribution >= 0.6 is 0 Å². The molecule has 4 nitrogen and oxygen atoms in total. The van der Waals surface area contributed by atoms with Gasteiger partial charge in [0.05, 0.1) is 11.9 Å². The van der Waals surface area contributed by atoms with Gasteiger partial charge in [-0.2, -0.15) is 0 Å². The van der Waals surface area contributed by atoms with E-state index in [1.807, 2.05) is 6.92 Å². The molecule has 0 aliphatic heterocycles. The monoisotopic (exact) mass is 195 g/mol. The van der Waals surface area contributed by atoms with E-state index in [1.165, 1.54) is 0 Å². The van der Waals surface area contributed by atoms with Crippen LogP contribution in [0.2, 0.25) is 0 Å². The van der Waals surface area contributed by atoms with Gasteiger partial charge in [-0.15, -0.1) is 5.10 Å². The average molecular weight is 195 g/mol. The van der Waals surface area contributed by atoms with Gasteiger partial charge in [0.1, 0.15) is 6.10 Å². The van der Waals surface area contributed by atoms with E-state index in [-0.39, 0.29) is 5.41 Å². The quantitative estimate of drug-likeness (QED) is 0.792. The number of aromatic nitrogens is 3. The van der Waals surface area contributed by atoms with E-state index in [2.05, 4.69) is 24.2 Å². The molecule has 0 aromatic carbocycles. The number of rotatable bonds is 3. The van der Waals surface area contributed by atoms with Crippen LogP contribution in [0.5, 0.6) is 0 Å². The van der Waals surface area contributed by atoms with Crippen LogP contribution in [-0.2, 0) is 6.54 Å². The van der Waals surface area contributed by atoms with Crippen molar-refractivity contribution in [1.29, 1.82) is 0 Å². The molecule has 0 saturated heterocycles. The first-order valence-electron chi connectivity index (χ1n) is 5.12. The second-order valence-electron chi connectivity index (χ2n) is 4.72. The lowest BCUT2D eigenvalue weighted by atomic mass is 10.0. The Morgan fingerprint density at radius 1 is 1.71 bits per heavy atom. The molecule has 0 bridgehead atoms. The average Bonchev–Trinajstić information content (AvgIpc) is 2.64. The zero-order valence-electron chi connectivity index (χ0n) is 8.94. The minimum atomic E-state index is -0.403. The van der Waals surface area contributed by atoms with Crippen molar-refractivity contribution < 1.29 is 5.11 Å². The SMILES string of the molecule is CCn1nncc1C(O)C1CC1(C)C. The molecule has 1 saturated carbocycles. The van der Waals surface area contributed by atoms with E-state index in [0.717, 1.165) is 18.7 Å². The molecule has 4 heteroatoms. The molecule has 1 aromatic rings. The first-order chi connectivity index (χ1) is 6.56. The number of aryl methyl sites for hydroxylation is 1. The molecule has 1 N–H and O–H groups in total. The highest BCUT2D eigenvalue weighted by atomic mass is 16.3. The molecule has 1 fully saturated rings. The Balaban J connectivity index is 2.16. The Hall–Kier alpha value is -0.900. The van der Waals surface area contributed by atoms with Gasteiger partial charge in [-0.3, -0.25) is 0 Å². The van der Waals surface area contributed by atoms with E-state index in [1.54, 1.807) is 10.9 Å². The maximum Gasteiger partial charge on any atom is 0.101 e. The molecule has 0 radical (unpaired) electrons.